The highest BCUT2D eigenvalue weighted by atomic mass is 28.4. The van der Waals surface area contributed by atoms with Crippen molar-refractivity contribution in [1.29, 1.82) is 0 Å². The fourth-order valence-corrected chi connectivity index (χ4v) is 8.65. The Morgan fingerprint density at radius 1 is 1.00 bits per heavy atom. The molecule has 2 aromatic rings. The van der Waals surface area contributed by atoms with Crippen LogP contribution in [-0.2, 0) is 4.43 Å². The quantitative estimate of drug-likeness (QED) is 0.517. The van der Waals surface area contributed by atoms with E-state index < -0.39 is 8.32 Å². The first-order valence-electron chi connectivity index (χ1n) is 10.1. The average Bonchev–Trinajstić information content (AvgIpc) is 3.50. The van der Waals surface area contributed by atoms with E-state index >= 15 is 0 Å². The molecule has 0 saturated heterocycles. The predicted molar refractivity (Wildman–Crippen MR) is 115 cm³/mol. The van der Waals surface area contributed by atoms with E-state index in [2.05, 4.69) is 86.8 Å². The average molecular weight is 384 g/mol. The fourth-order valence-electron chi connectivity index (χ4n) is 4.09. The summed E-state index contributed by atoms with van der Waals surface area (Å²) >= 11 is 0. The number of aliphatic hydroxyl groups excluding tert-OH is 1. The van der Waals surface area contributed by atoms with Crippen molar-refractivity contribution in [3.8, 4) is 0 Å². The topological polar surface area (TPSA) is 41.5 Å². The normalized spacial score (nSPS) is 16.3. The van der Waals surface area contributed by atoms with Crippen LogP contribution in [0.1, 0.15) is 33.6 Å². The molecular formula is C23H33NO2Si. The molecule has 0 unspecified atom stereocenters. The molecule has 0 amide bonds. The van der Waals surface area contributed by atoms with Crippen LogP contribution in [0.2, 0.25) is 5.04 Å². The van der Waals surface area contributed by atoms with Crippen molar-refractivity contribution in [3.05, 3.63) is 60.7 Å². The van der Waals surface area contributed by atoms with Gasteiger partial charge in [0.25, 0.3) is 8.32 Å². The third kappa shape index (κ3) is 4.52. The molecule has 2 aromatic carbocycles. The number of nitrogens with one attached hydrogen (secondary N) is 1. The summed E-state index contributed by atoms with van der Waals surface area (Å²) in [6.07, 6.45) is 2.46. The Hall–Kier alpha value is -1.46. The lowest BCUT2D eigenvalue weighted by atomic mass is 10.2. The van der Waals surface area contributed by atoms with Gasteiger partial charge in [-0.3, -0.25) is 0 Å². The fraction of sp³-hybridized carbons (Fsp3) is 0.478. The van der Waals surface area contributed by atoms with Gasteiger partial charge in [0.1, 0.15) is 0 Å². The minimum Gasteiger partial charge on any atom is -0.406 e. The molecule has 1 aliphatic rings. The van der Waals surface area contributed by atoms with Crippen LogP contribution in [0.3, 0.4) is 0 Å². The van der Waals surface area contributed by atoms with E-state index in [1.807, 2.05) is 0 Å². The van der Waals surface area contributed by atoms with E-state index in [0.29, 0.717) is 12.5 Å². The van der Waals surface area contributed by atoms with E-state index in [1.165, 1.54) is 23.2 Å². The Morgan fingerprint density at radius 3 is 1.93 bits per heavy atom. The third-order valence-corrected chi connectivity index (χ3v) is 10.7. The van der Waals surface area contributed by atoms with Gasteiger partial charge in [-0.25, -0.2) is 0 Å². The van der Waals surface area contributed by atoms with Gasteiger partial charge in [-0.2, -0.15) is 0 Å². The van der Waals surface area contributed by atoms with E-state index in [1.54, 1.807) is 0 Å². The van der Waals surface area contributed by atoms with Crippen LogP contribution in [0.15, 0.2) is 60.7 Å². The van der Waals surface area contributed by atoms with Gasteiger partial charge in [-0.05, 0) is 34.2 Å². The zero-order valence-corrected chi connectivity index (χ0v) is 17.8. The Labute approximate surface area is 164 Å². The Morgan fingerprint density at radius 2 is 1.52 bits per heavy atom. The second-order valence-electron chi connectivity index (χ2n) is 8.59. The number of hydrogen-bond acceptors (Lipinski definition) is 3. The van der Waals surface area contributed by atoms with Crippen molar-refractivity contribution in [2.75, 3.05) is 19.8 Å². The van der Waals surface area contributed by atoms with Gasteiger partial charge in [0.05, 0.1) is 6.61 Å². The Balaban J connectivity index is 1.85. The lowest BCUT2D eigenvalue weighted by molar-refractivity contribution is 0.215. The molecule has 0 radical (unpaired) electrons. The van der Waals surface area contributed by atoms with Crippen LogP contribution >= 0.6 is 0 Å². The summed E-state index contributed by atoms with van der Waals surface area (Å²) in [6, 6.07) is 21.7. The number of aliphatic hydroxyl groups is 1. The Kier molecular flexibility index (Phi) is 6.53. The summed E-state index contributed by atoms with van der Waals surface area (Å²) in [5, 5.41) is 15.7. The van der Waals surface area contributed by atoms with Crippen molar-refractivity contribution >= 4 is 18.7 Å². The molecule has 146 valence electrons. The van der Waals surface area contributed by atoms with Gasteiger partial charge in [0, 0.05) is 19.2 Å². The maximum atomic E-state index is 9.59. The van der Waals surface area contributed by atoms with E-state index in [-0.39, 0.29) is 17.7 Å². The van der Waals surface area contributed by atoms with Crippen LogP contribution < -0.4 is 15.7 Å². The molecule has 3 nitrogen and oxygen atoms in total. The summed E-state index contributed by atoms with van der Waals surface area (Å²) in [4.78, 5) is 0. The van der Waals surface area contributed by atoms with Crippen molar-refractivity contribution in [2.45, 2.75) is 44.7 Å². The zero-order valence-electron chi connectivity index (χ0n) is 16.8. The number of benzene rings is 2. The second-order valence-corrected chi connectivity index (χ2v) is 12.9. The minimum atomic E-state index is -2.45. The molecular weight excluding hydrogens is 350 g/mol. The van der Waals surface area contributed by atoms with Crippen molar-refractivity contribution in [3.63, 3.8) is 0 Å². The first-order chi connectivity index (χ1) is 13.0. The SMILES string of the molecule is CC(C)(C)[Si](OCCN[C@H](CO)C1CC1)(c1ccccc1)c1ccccc1. The summed E-state index contributed by atoms with van der Waals surface area (Å²) in [7, 11) is -2.45. The van der Waals surface area contributed by atoms with Gasteiger partial charge in [-0.1, -0.05) is 81.4 Å². The van der Waals surface area contributed by atoms with Gasteiger partial charge in [-0.15, -0.1) is 0 Å². The smallest absolute Gasteiger partial charge is 0.261 e. The molecule has 0 heterocycles. The van der Waals surface area contributed by atoms with Gasteiger partial charge in [0.15, 0.2) is 0 Å². The molecule has 2 N–H and O–H groups in total. The zero-order chi connectivity index (χ0) is 19.3. The highest BCUT2D eigenvalue weighted by Crippen LogP contribution is 2.36. The second kappa shape index (κ2) is 8.70. The molecule has 1 saturated carbocycles. The first kappa shape index (κ1) is 20.3. The van der Waals surface area contributed by atoms with Crippen LogP contribution in [0.5, 0.6) is 0 Å². The molecule has 1 fully saturated rings. The van der Waals surface area contributed by atoms with Crippen LogP contribution in [-0.4, -0.2) is 39.2 Å². The molecule has 1 atom stereocenters. The lowest BCUT2D eigenvalue weighted by Crippen LogP contribution is -2.67. The van der Waals surface area contributed by atoms with Crippen molar-refractivity contribution in [1.82, 2.24) is 5.32 Å². The Bertz CT molecular complexity index is 656. The predicted octanol–water partition coefficient (Wildman–Crippen LogP) is 2.92. The number of rotatable bonds is 9. The van der Waals surface area contributed by atoms with Crippen LogP contribution in [0.4, 0.5) is 0 Å². The van der Waals surface area contributed by atoms with Gasteiger partial charge in [0.2, 0.25) is 0 Å². The standard InChI is InChI=1S/C23H33NO2Si/c1-23(2,3)27(20-10-6-4-7-11-20,21-12-8-5-9-13-21)26-17-16-24-22(18-25)19-14-15-19/h4-13,19,22,24-25H,14-18H2,1-3H3/t22-/m1/s1. The molecule has 27 heavy (non-hydrogen) atoms. The highest BCUT2D eigenvalue weighted by Gasteiger charge is 2.50. The maximum Gasteiger partial charge on any atom is 0.261 e. The van der Waals surface area contributed by atoms with E-state index in [9.17, 15) is 5.11 Å². The summed E-state index contributed by atoms with van der Waals surface area (Å²) in [6.45, 7) is 8.53. The summed E-state index contributed by atoms with van der Waals surface area (Å²) in [5.41, 5.74) is 0. The molecule has 0 aliphatic heterocycles. The monoisotopic (exact) mass is 383 g/mol. The first-order valence-corrected chi connectivity index (χ1v) is 12.0. The van der Waals surface area contributed by atoms with Gasteiger partial charge < -0.3 is 14.8 Å². The molecule has 1 aliphatic carbocycles. The van der Waals surface area contributed by atoms with E-state index in [0.717, 1.165) is 6.54 Å². The summed E-state index contributed by atoms with van der Waals surface area (Å²) < 4.78 is 6.86. The van der Waals surface area contributed by atoms with Gasteiger partial charge >= 0.3 is 0 Å². The largest absolute Gasteiger partial charge is 0.406 e. The number of hydrogen-bond donors (Lipinski definition) is 2. The molecule has 0 spiro atoms. The third-order valence-electron chi connectivity index (χ3n) is 5.63. The van der Waals surface area contributed by atoms with Crippen LogP contribution in [0, 0.1) is 5.92 Å². The molecule has 0 bridgehead atoms. The summed E-state index contributed by atoms with van der Waals surface area (Å²) in [5.74, 6) is 0.642. The highest BCUT2D eigenvalue weighted by molar-refractivity contribution is 6.99. The molecule has 4 heteroatoms. The maximum absolute atomic E-state index is 9.59. The molecule has 0 aromatic heterocycles. The van der Waals surface area contributed by atoms with Crippen molar-refractivity contribution < 1.29 is 9.53 Å². The van der Waals surface area contributed by atoms with Crippen LogP contribution in [0.25, 0.3) is 0 Å². The lowest BCUT2D eigenvalue weighted by Gasteiger charge is -2.43. The van der Waals surface area contributed by atoms with E-state index in [4.69, 9.17) is 4.43 Å². The minimum absolute atomic E-state index is 0.00256. The van der Waals surface area contributed by atoms with Crippen molar-refractivity contribution in [2.24, 2.45) is 5.92 Å². The molecule has 3 rings (SSSR count).